The van der Waals surface area contributed by atoms with Gasteiger partial charge < -0.3 is 16.2 Å². The lowest BCUT2D eigenvalue weighted by atomic mass is 10.1. The third-order valence-corrected chi connectivity index (χ3v) is 4.47. The molecule has 4 N–H and O–H groups in total. The summed E-state index contributed by atoms with van der Waals surface area (Å²) in [5.41, 5.74) is 12.3. The second-order valence-electron chi connectivity index (χ2n) is 6.76. The van der Waals surface area contributed by atoms with Gasteiger partial charge in [0.1, 0.15) is 11.9 Å². The van der Waals surface area contributed by atoms with E-state index < -0.39 is 6.36 Å². The van der Waals surface area contributed by atoms with Gasteiger partial charge in [0.05, 0.1) is 0 Å². The molecule has 156 valence electrons. The highest BCUT2D eigenvalue weighted by Gasteiger charge is 2.31. The van der Waals surface area contributed by atoms with E-state index in [0.29, 0.717) is 5.69 Å². The number of anilines is 1. The van der Waals surface area contributed by atoms with Crippen LogP contribution in [0.3, 0.4) is 0 Å². The molecule has 0 radical (unpaired) electrons. The lowest BCUT2D eigenvalue weighted by Crippen LogP contribution is -2.48. The fourth-order valence-electron chi connectivity index (χ4n) is 3.15. The molecule has 1 aliphatic rings. The second-order valence-corrected chi connectivity index (χ2v) is 6.76. The number of halogens is 3. The summed E-state index contributed by atoms with van der Waals surface area (Å²) in [5.74, 6) is -0.0147. The monoisotopic (exact) mass is 399 g/mol. The van der Waals surface area contributed by atoms with Gasteiger partial charge >= 0.3 is 6.36 Å². The van der Waals surface area contributed by atoms with Crippen molar-refractivity contribution in [3.8, 4) is 5.75 Å². The Bertz CT molecular complexity index is 673. The van der Waals surface area contributed by atoms with E-state index in [-0.39, 0.29) is 23.8 Å². The summed E-state index contributed by atoms with van der Waals surface area (Å²) in [6.07, 6.45) is 3.82. The van der Waals surface area contributed by atoms with Crippen LogP contribution in [0.25, 0.3) is 0 Å². The molecule has 1 atom stereocenters. The maximum absolute atomic E-state index is 12.3. The molecule has 0 saturated heterocycles. The SMILES string of the molecule is CCCCCCCCCC1N=C(N)N=C(N)N1c1ccc(OC(F)(F)F)cc1. The topological polar surface area (TPSA) is 89.2 Å². The average molecular weight is 399 g/mol. The molecule has 6 nitrogen and oxygen atoms in total. The summed E-state index contributed by atoms with van der Waals surface area (Å²) < 4.78 is 40.9. The van der Waals surface area contributed by atoms with E-state index in [2.05, 4.69) is 21.6 Å². The van der Waals surface area contributed by atoms with Gasteiger partial charge in [-0.2, -0.15) is 4.99 Å². The molecule has 28 heavy (non-hydrogen) atoms. The summed E-state index contributed by atoms with van der Waals surface area (Å²) >= 11 is 0. The number of ether oxygens (including phenoxy) is 1. The molecule has 0 amide bonds. The molecule has 0 fully saturated rings. The Labute approximate surface area is 163 Å². The van der Waals surface area contributed by atoms with Crippen LogP contribution in [0, 0.1) is 0 Å². The van der Waals surface area contributed by atoms with Crippen molar-refractivity contribution in [2.45, 2.75) is 70.8 Å². The van der Waals surface area contributed by atoms with Gasteiger partial charge in [-0.15, -0.1) is 13.2 Å². The van der Waals surface area contributed by atoms with Gasteiger partial charge in [0.15, 0.2) is 0 Å². The van der Waals surface area contributed by atoms with Gasteiger partial charge in [-0.05, 0) is 37.1 Å². The number of unbranched alkanes of at least 4 members (excludes halogenated alkanes) is 6. The molecule has 1 unspecified atom stereocenters. The fourth-order valence-corrected chi connectivity index (χ4v) is 3.15. The minimum atomic E-state index is -4.73. The van der Waals surface area contributed by atoms with E-state index in [1.807, 2.05) is 0 Å². The van der Waals surface area contributed by atoms with Crippen molar-refractivity contribution in [2.24, 2.45) is 21.5 Å². The quantitative estimate of drug-likeness (QED) is 0.567. The number of nitrogens with zero attached hydrogens (tertiary/aromatic N) is 3. The highest BCUT2D eigenvalue weighted by molar-refractivity contribution is 6.04. The summed E-state index contributed by atoms with van der Waals surface area (Å²) in [4.78, 5) is 10.0. The zero-order valence-corrected chi connectivity index (χ0v) is 16.1. The van der Waals surface area contributed by atoms with Gasteiger partial charge in [-0.3, -0.25) is 4.90 Å². The van der Waals surface area contributed by atoms with Crippen molar-refractivity contribution in [1.29, 1.82) is 0 Å². The largest absolute Gasteiger partial charge is 0.573 e. The van der Waals surface area contributed by atoms with E-state index in [4.69, 9.17) is 11.5 Å². The Morgan fingerprint density at radius 1 is 1.00 bits per heavy atom. The number of rotatable bonds is 10. The maximum atomic E-state index is 12.3. The molecule has 0 aliphatic carbocycles. The van der Waals surface area contributed by atoms with E-state index >= 15 is 0 Å². The molecule has 1 heterocycles. The molecule has 2 rings (SSSR count). The van der Waals surface area contributed by atoms with Crippen LogP contribution in [0.5, 0.6) is 5.75 Å². The predicted molar refractivity (Wildman–Crippen MR) is 105 cm³/mol. The molecular formula is C19H28F3N5O. The summed E-state index contributed by atoms with van der Waals surface area (Å²) in [7, 11) is 0. The van der Waals surface area contributed by atoms with Crippen molar-refractivity contribution >= 4 is 17.6 Å². The van der Waals surface area contributed by atoms with Crippen LogP contribution in [-0.4, -0.2) is 24.4 Å². The molecular weight excluding hydrogens is 371 g/mol. The van der Waals surface area contributed by atoms with E-state index in [1.54, 1.807) is 4.90 Å². The first-order valence-electron chi connectivity index (χ1n) is 9.62. The van der Waals surface area contributed by atoms with Gasteiger partial charge in [0, 0.05) is 5.69 Å². The molecule has 0 saturated carbocycles. The lowest BCUT2D eigenvalue weighted by Gasteiger charge is -2.32. The smallest absolute Gasteiger partial charge is 0.406 e. The Morgan fingerprint density at radius 2 is 1.61 bits per heavy atom. The zero-order valence-electron chi connectivity index (χ0n) is 16.1. The average Bonchev–Trinajstić information content (AvgIpc) is 2.60. The Morgan fingerprint density at radius 3 is 2.21 bits per heavy atom. The number of hydrogen-bond acceptors (Lipinski definition) is 6. The van der Waals surface area contributed by atoms with Crippen molar-refractivity contribution in [3.63, 3.8) is 0 Å². The first kappa shape index (κ1) is 21.8. The lowest BCUT2D eigenvalue weighted by molar-refractivity contribution is -0.274. The summed E-state index contributed by atoms with van der Waals surface area (Å²) in [6, 6.07) is 5.47. The van der Waals surface area contributed by atoms with E-state index in [0.717, 1.165) is 19.3 Å². The first-order chi connectivity index (χ1) is 13.3. The molecule has 0 spiro atoms. The minimum absolute atomic E-state index is 0.110. The van der Waals surface area contributed by atoms with Crippen LogP contribution in [0.4, 0.5) is 18.9 Å². The normalized spacial score (nSPS) is 17.3. The van der Waals surface area contributed by atoms with Crippen LogP contribution >= 0.6 is 0 Å². The Balaban J connectivity index is 1.98. The van der Waals surface area contributed by atoms with Crippen LogP contribution in [0.1, 0.15) is 58.3 Å². The number of alkyl halides is 3. The highest BCUT2D eigenvalue weighted by Crippen LogP contribution is 2.28. The number of benzene rings is 1. The minimum Gasteiger partial charge on any atom is -0.406 e. The van der Waals surface area contributed by atoms with E-state index in [9.17, 15) is 13.2 Å². The van der Waals surface area contributed by atoms with Crippen LogP contribution in [-0.2, 0) is 0 Å². The van der Waals surface area contributed by atoms with Gasteiger partial charge in [-0.1, -0.05) is 45.4 Å². The van der Waals surface area contributed by atoms with Crippen molar-refractivity contribution < 1.29 is 17.9 Å². The number of hydrogen-bond donors (Lipinski definition) is 2. The maximum Gasteiger partial charge on any atom is 0.573 e. The van der Waals surface area contributed by atoms with Gasteiger partial charge in [-0.25, -0.2) is 4.99 Å². The molecule has 1 aromatic carbocycles. The summed E-state index contributed by atoms with van der Waals surface area (Å²) in [6.45, 7) is 2.19. The van der Waals surface area contributed by atoms with Crippen LogP contribution < -0.4 is 21.1 Å². The third-order valence-electron chi connectivity index (χ3n) is 4.47. The number of nitrogens with two attached hydrogens (primary N) is 2. The molecule has 1 aromatic rings. The van der Waals surface area contributed by atoms with Crippen LogP contribution in [0.2, 0.25) is 0 Å². The number of aliphatic imine (C=N–C) groups is 2. The van der Waals surface area contributed by atoms with Gasteiger partial charge in [0.2, 0.25) is 11.9 Å². The highest BCUT2D eigenvalue weighted by atomic mass is 19.4. The van der Waals surface area contributed by atoms with Crippen LogP contribution in [0.15, 0.2) is 34.3 Å². The Hall–Kier alpha value is -2.45. The molecule has 0 bridgehead atoms. The number of guanidine groups is 2. The molecule has 0 aromatic heterocycles. The third kappa shape index (κ3) is 6.94. The molecule has 9 heteroatoms. The molecule has 1 aliphatic heterocycles. The standard InChI is InChI=1S/C19H28F3N5O/c1-2-3-4-5-6-7-8-9-16-25-17(23)26-18(24)27(16)14-10-12-15(13-11-14)28-19(20,21)22/h10-13,16H,2-9H2,1H3,(H4,23,24,25,26). The zero-order chi connectivity index (χ0) is 20.6. The van der Waals surface area contributed by atoms with Crippen molar-refractivity contribution in [2.75, 3.05) is 4.90 Å². The summed E-state index contributed by atoms with van der Waals surface area (Å²) in [5, 5.41) is 0. The second kappa shape index (κ2) is 10.2. The van der Waals surface area contributed by atoms with Crippen molar-refractivity contribution in [3.05, 3.63) is 24.3 Å². The fraction of sp³-hybridized carbons (Fsp3) is 0.579. The predicted octanol–water partition coefficient (Wildman–Crippen LogP) is 4.50. The van der Waals surface area contributed by atoms with Gasteiger partial charge in [0.25, 0.3) is 0 Å². The van der Waals surface area contributed by atoms with E-state index in [1.165, 1.54) is 56.4 Å². The van der Waals surface area contributed by atoms with Crippen molar-refractivity contribution in [1.82, 2.24) is 0 Å². The Kier molecular flexibility index (Phi) is 7.95. The first-order valence-corrected chi connectivity index (χ1v) is 9.62.